The first kappa shape index (κ1) is 19.2. The van der Waals surface area contributed by atoms with Crippen LogP contribution < -0.4 is 10.6 Å². The summed E-state index contributed by atoms with van der Waals surface area (Å²) in [4.78, 5) is 18.9. The van der Waals surface area contributed by atoms with Gasteiger partial charge in [0.15, 0.2) is 0 Å². The number of hydrogen-bond donors (Lipinski definition) is 2. The Kier molecular flexibility index (Phi) is 5.36. The molecule has 2 aromatic rings. The molecule has 2 N–H and O–H groups in total. The Hall–Kier alpha value is -2.62. The Bertz CT molecular complexity index is 825. The van der Waals surface area contributed by atoms with Crippen LogP contribution in [0.15, 0.2) is 30.5 Å². The minimum absolute atomic E-state index is 0.0333. The average Bonchev–Trinajstić information content (AvgIpc) is 3.05. The summed E-state index contributed by atoms with van der Waals surface area (Å²) in [5.74, 6) is -1.26. The number of carbonyl (C=O) groups is 1. The van der Waals surface area contributed by atoms with Gasteiger partial charge in [0.2, 0.25) is 11.9 Å². The van der Waals surface area contributed by atoms with E-state index in [1.54, 1.807) is 0 Å². The van der Waals surface area contributed by atoms with Gasteiger partial charge in [-0.15, -0.1) is 0 Å². The van der Waals surface area contributed by atoms with Crippen molar-refractivity contribution in [1.29, 1.82) is 0 Å². The molecule has 10 heteroatoms. The van der Waals surface area contributed by atoms with Crippen molar-refractivity contribution in [2.45, 2.75) is 31.4 Å². The zero-order chi connectivity index (χ0) is 19.6. The van der Waals surface area contributed by atoms with Gasteiger partial charge >= 0.3 is 6.18 Å². The fraction of sp³-hybridized carbons (Fsp3) is 0.353. The minimum atomic E-state index is -4.57. The summed E-state index contributed by atoms with van der Waals surface area (Å²) in [5, 5.41) is 5.30. The van der Waals surface area contributed by atoms with Crippen LogP contribution in [0.5, 0.6) is 0 Å². The van der Waals surface area contributed by atoms with Crippen LogP contribution in [0.4, 0.5) is 22.0 Å². The van der Waals surface area contributed by atoms with Crippen molar-refractivity contribution >= 4 is 5.91 Å². The molecule has 0 radical (unpaired) electrons. The molecule has 3 rings (SSSR count). The number of rotatable bonds is 4. The standard InChI is InChI=1S/C17H15F5N4O/c18-11-5-13(23-8-11)16(27)25-6-9-3-12(26-15(19)4-9)10-1-2-14(24-7-10)17(20,21)22/h1-4,7,11,13,23H,5-6,8H2,(H,25,27)/t11-,13-/m1/s1. The number of halogens is 5. The Labute approximate surface area is 151 Å². The maximum absolute atomic E-state index is 13.8. The lowest BCUT2D eigenvalue weighted by atomic mass is 10.1. The van der Waals surface area contributed by atoms with E-state index >= 15 is 0 Å². The Morgan fingerprint density at radius 2 is 2.07 bits per heavy atom. The molecule has 0 aliphatic carbocycles. The number of amides is 1. The highest BCUT2D eigenvalue weighted by Gasteiger charge is 2.32. The van der Waals surface area contributed by atoms with E-state index in [0.717, 1.165) is 24.4 Å². The largest absolute Gasteiger partial charge is 0.433 e. The summed E-state index contributed by atoms with van der Waals surface area (Å²) in [6.07, 6.45) is -4.63. The zero-order valence-electron chi connectivity index (χ0n) is 13.9. The highest BCUT2D eigenvalue weighted by molar-refractivity contribution is 5.82. The molecule has 1 aliphatic rings. The van der Waals surface area contributed by atoms with E-state index < -0.39 is 35.9 Å². The molecule has 0 unspecified atom stereocenters. The third kappa shape index (κ3) is 4.76. The van der Waals surface area contributed by atoms with Crippen LogP contribution in [-0.4, -0.2) is 34.6 Å². The van der Waals surface area contributed by atoms with Gasteiger partial charge in [-0.2, -0.15) is 17.6 Å². The summed E-state index contributed by atoms with van der Waals surface area (Å²) in [7, 11) is 0. The van der Waals surface area contributed by atoms with Crippen molar-refractivity contribution in [1.82, 2.24) is 20.6 Å². The topological polar surface area (TPSA) is 66.9 Å². The third-order valence-corrected chi connectivity index (χ3v) is 4.06. The van der Waals surface area contributed by atoms with E-state index in [2.05, 4.69) is 20.6 Å². The molecule has 0 aromatic carbocycles. The molecule has 5 nitrogen and oxygen atoms in total. The predicted octanol–water partition coefficient (Wildman–Crippen LogP) is 2.62. The van der Waals surface area contributed by atoms with Gasteiger partial charge in [-0.25, -0.2) is 9.37 Å². The average molecular weight is 386 g/mol. The Balaban J connectivity index is 1.71. The summed E-state index contributed by atoms with van der Waals surface area (Å²) in [6, 6.07) is 3.81. The Morgan fingerprint density at radius 3 is 2.67 bits per heavy atom. The second-order valence-corrected chi connectivity index (χ2v) is 6.12. The molecule has 1 amide bonds. The lowest BCUT2D eigenvalue weighted by Crippen LogP contribution is -2.40. The highest BCUT2D eigenvalue weighted by atomic mass is 19.4. The molecule has 3 heterocycles. The second kappa shape index (κ2) is 7.55. The molecule has 2 atom stereocenters. The van der Waals surface area contributed by atoms with E-state index in [1.165, 1.54) is 6.07 Å². The van der Waals surface area contributed by atoms with Gasteiger partial charge in [-0.05, 0) is 29.8 Å². The molecular formula is C17H15F5N4O. The first-order valence-corrected chi connectivity index (χ1v) is 8.07. The monoisotopic (exact) mass is 386 g/mol. The van der Waals surface area contributed by atoms with Crippen molar-refractivity contribution in [3.8, 4) is 11.3 Å². The van der Waals surface area contributed by atoms with Crippen molar-refractivity contribution < 1.29 is 26.7 Å². The number of pyridine rings is 2. The third-order valence-electron chi connectivity index (χ3n) is 4.06. The van der Waals surface area contributed by atoms with Gasteiger partial charge in [0.1, 0.15) is 11.9 Å². The van der Waals surface area contributed by atoms with Crippen molar-refractivity contribution in [3.63, 3.8) is 0 Å². The molecule has 144 valence electrons. The molecule has 27 heavy (non-hydrogen) atoms. The van der Waals surface area contributed by atoms with Gasteiger partial charge in [0, 0.05) is 31.3 Å². The van der Waals surface area contributed by atoms with E-state index in [0.29, 0.717) is 5.56 Å². The van der Waals surface area contributed by atoms with Gasteiger partial charge < -0.3 is 10.6 Å². The molecule has 0 bridgehead atoms. The normalized spacial score (nSPS) is 19.9. The first-order valence-electron chi connectivity index (χ1n) is 8.07. The van der Waals surface area contributed by atoms with Crippen LogP contribution in [0, 0.1) is 5.95 Å². The SMILES string of the molecule is O=C(NCc1cc(F)nc(-c2ccc(C(F)(F)F)nc2)c1)[C@H]1C[C@@H](F)CN1. The number of hydrogen-bond acceptors (Lipinski definition) is 4. The zero-order valence-corrected chi connectivity index (χ0v) is 13.9. The van der Waals surface area contributed by atoms with Crippen molar-refractivity contribution in [3.05, 3.63) is 47.7 Å². The van der Waals surface area contributed by atoms with Gasteiger partial charge in [0.05, 0.1) is 11.7 Å². The molecule has 2 aromatic heterocycles. The smallest absolute Gasteiger partial charge is 0.351 e. The van der Waals surface area contributed by atoms with Crippen LogP contribution in [-0.2, 0) is 17.5 Å². The number of aromatic nitrogens is 2. The van der Waals surface area contributed by atoms with Gasteiger partial charge in [-0.3, -0.25) is 9.78 Å². The summed E-state index contributed by atoms with van der Waals surface area (Å²) >= 11 is 0. The first-order chi connectivity index (χ1) is 12.7. The summed E-state index contributed by atoms with van der Waals surface area (Å²) < 4.78 is 64.6. The predicted molar refractivity (Wildman–Crippen MR) is 85.6 cm³/mol. The van der Waals surface area contributed by atoms with Crippen LogP contribution in [0.1, 0.15) is 17.7 Å². The van der Waals surface area contributed by atoms with Crippen LogP contribution in [0.3, 0.4) is 0 Å². The van der Waals surface area contributed by atoms with Gasteiger partial charge in [0.25, 0.3) is 0 Å². The highest BCUT2D eigenvalue weighted by Crippen LogP contribution is 2.28. The minimum Gasteiger partial charge on any atom is -0.351 e. The lowest BCUT2D eigenvalue weighted by molar-refractivity contribution is -0.141. The number of nitrogens with zero attached hydrogens (tertiary/aromatic N) is 2. The molecule has 0 spiro atoms. The Morgan fingerprint density at radius 1 is 1.30 bits per heavy atom. The van der Waals surface area contributed by atoms with Crippen molar-refractivity contribution in [2.24, 2.45) is 0 Å². The fourth-order valence-corrected chi connectivity index (χ4v) is 2.72. The van der Waals surface area contributed by atoms with Crippen LogP contribution >= 0.6 is 0 Å². The second-order valence-electron chi connectivity index (χ2n) is 6.12. The lowest BCUT2D eigenvalue weighted by Gasteiger charge is -2.12. The van der Waals surface area contributed by atoms with E-state index in [4.69, 9.17) is 0 Å². The van der Waals surface area contributed by atoms with E-state index in [1.807, 2.05) is 0 Å². The van der Waals surface area contributed by atoms with Crippen molar-refractivity contribution in [2.75, 3.05) is 6.54 Å². The molecular weight excluding hydrogens is 371 g/mol. The molecule has 1 aliphatic heterocycles. The number of nitrogens with one attached hydrogen (secondary N) is 2. The number of alkyl halides is 4. The summed E-state index contributed by atoms with van der Waals surface area (Å²) in [5.41, 5.74) is -0.415. The number of carbonyl (C=O) groups excluding carboxylic acids is 1. The van der Waals surface area contributed by atoms with Crippen LogP contribution in [0.25, 0.3) is 11.3 Å². The van der Waals surface area contributed by atoms with Gasteiger partial charge in [-0.1, -0.05) is 0 Å². The van der Waals surface area contributed by atoms with E-state index in [9.17, 15) is 26.7 Å². The quantitative estimate of drug-likeness (QED) is 0.626. The molecule has 0 saturated carbocycles. The van der Waals surface area contributed by atoms with Crippen LogP contribution in [0.2, 0.25) is 0 Å². The summed E-state index contributed by atoms with van der Waals surface area (Å²) in [6.45, 7) is 0.0709. The maximum Gasteiger partial charge on any atom is 0.433 e. The fourth-order valence-electron chi connectivity index (χ4n) is 2.72. The maximum atomic E-state index is 13.8. The van der Waals surface area contributed by atoms with E-state index in [-0.39, 0.29) is 30.8 Å². The molecule has 1 saturated heterocycles. The molecule has 1 fully saturated rings.